The van der Waals surface area contributed by atoms with Crippen LogP contribution in [0.4, 0.5) is 0 Å². The lowest BCUT2D eigenvalue weighted by Gasteiger charge is -2.20. The number of nitrogens with zero attached hydrogens (tertiary/aromatic N) is 2. The summed E-state index contributed by atoms with van der Waals surface area (Å²) in [5.74, 6) is 0.309. The fraction of sp³-hybridized carbons (Fsp3) is 0.583. The standard InChI is InChI=1S/C12H17BrN2O3/c13-11-3-2-10(18-11)12(17)15-5-1-4-14(6-7-15)8-9-16/h2-3,16H,1,4-9H2. The molecule has 1 aliphatic heterocycles. The molecule has 100 valence electrons. The SMILES string of the molecule is O=C(c1ccc(Br)o1)N1CCCN(CCO)CC1. The smallest absolute Gasteiger partial charge is 0.289 e. The Balaban J connectivity index is 1.95. The molecule has 6 heteroatoms. The summed E-state index contributed by atoms with van der Waals surface area (Å²) in [5.41, 5.74) is 0. The molecule has 0 aromatic carbocycles. The van der Waals surface area contributed by atoms with Crippen LogP contribution in [0.3, 0.4) is 0 Å². The molecule has 0 saturated carbocycles. The number of hydrogen-bond donors (Lipinski definition) is 1. The Labute approximate surface area is 114 Å². The fourth-order valence-electron chi connectivity index (χ4n) is 2.12. The molecule has 0 bridgehead atoms. The van der Waals surface area contributed by atoms with Crippen molar-refractivity contribution in [3.63, 3.8) is 0 Å². The van der Waals surface area contributed by atoms with Gasteiger partial charge in [-0.15, -0.1) is 0 Å². The van der Waals surface area contributed by atoms with Gasteiger partial charge in [-0.2, -0.15) is 0 Å². The van der Waals surface area contributed by atoms with Gasteiger partial charge in [-0.1, -0.05) is 0 Å². The van der Waals surface area contributed by atoms with Crippen molar-refractivity contribution in [2.45, 2.75) is 6.42 Å². The number of furan rings is 1. The summed E-state index contributed by atoms with van der Waals surface area (Å²) >= 11 is 3.20. The van der Waals surface area contributed by atoms with Gasteiger partial charge in [-0.05, 0) is 41.0 Å². The average molecular weight is 317 g/mol. The number of amides is 1. The van der Waals surface area contributed by atoms with Gasteiger partial charge < -0.3 is 14.4 Å². The van der Waals surface area contributed by atoms with Crippen molar-refractivity contribution in [2.24, 2.45) is 0 Å². The third kappa shape index (κ3) is 3.34. The van der Waals surface area contributed by atoms with Crippen LogP contribution in [0.5, 0.6) is 0 Å². The Morgan fingerprint density at radius 2 is 2.17 bits per heavy atom. The first-order chi connectivity index (χ1) is 8.70. The van der Waals surface area contributed by atoms with Crippen molar-refractivity contribution in [2.75, 3.05) is 39.3 Å². The molecule has 2 rings (SSSR count). The first kappa shape index (κ1) is 13.6. The highest BCUT2D eigenvalue weighted by Crippen LogP contribution is 2.16. The van der Waals surface area contributed by atoms with Crippen LogP contribution in [0.1, 0.15) is 17.0 Å². The largest absolute Gasteiger partial charge is 0.444 e. The molecule has 0 spiro atoms. The second-order valence-corrected chi connectivity index (χ2v) is 5.10. The van der Waals surface area contributed by atoms with Crippen LogP contribution in [0.15, 0.2) is 21.2 Å². The molecule has 1 saturated heterocycles. The van der Waals surface area contributed by atoms with Crippen LogP contribution >= 0.6 is 15.9 Å². The maximum Gasteiger partial charge on any atom is 0.289 e. The predicted octanol–water partition coefficient (Wildman–Crippen LogP) is 1.18. The molecule has 2 heterocycles. The van der Waals surface area contributed by atoms with Crippen LogP contribution in [0, 0.1) is 0 Å². The first-order valence-corrected chi connectivity index (χ1v) is 6.88. The lowest BCUT2D eigenvalue weighted by molar-refractivity contribution is 0.0727. The molecule has 1 N–H and O–H groups in total. The molecule has 0 radical (unpaired) electrons. The molecular formula is C12H17BrN2O3. The number of β-amino-alcohol motifs (C(OH)–C–C–N with tert-alkyl or cyclic N) is 1. The predicted molar refractivity (Wildman–Crippen MR) is 70.5 cm³/mol. The maximum absolute atomic E-state index is 12.2. The average Bonchev–Trinajstić information content (AvgIpc) is 2.65. The van der Waals surface area contributed by atoms with Crippen molar-refractivity contribution in [3.8, 4) is 0 Å². The first-order valence-electron chi connectivity index (χ1n) is 6.08. The lowest BCUT2D eigenvalue weighted by Crippen LogP contribution is -2.35. The van der Waals surface area contributed by atoms with E-state index in [4.69, 9.17) is 9.52 Å². The summed E-state index contributed by atoms with van der Waals surface area (Å²) in [7, 11) is 0. The minimum absolute atomic E-state index is 0.0634. The fourth-order valence-corrected chi connectivity index (χ4v) is 2.43. The van der Waals surface area contributed by atoms with E-state index in [1.165, 1.54) is 0 Å². The molecular weight excluding hydrogens is 300 g/mol. The van der Waals surface area contributed by atoms with Gasteiger partial charge >= 0.3 is 0 Å². The van der Waals surface area contributed by atoms with E-state index in [9.17, 15) is 4.79 Å². The summed E-state index contributed by atoms with van der Waals surface area (Å²) in [6.07, 6.45) is 0.924. The lowest BCUT2D eigenvalue weighted by atomic mass is 10.3. The molecule has 1 aromatic rings. The summed E-state index contributed by atoms with van der Waals surface area (Å²) in [6.45, 7) is 3.98. The second kappa shape index (κ2) is 6.36. The van der Waals surface area contributed by atoms with Crippen molar-refractivity contribution >= 4 is 21.8 Å². The topological polar surface area (TPSA) is 56.9 Å². The zero-order chi connectivity index (χ0) is 13.0. The maximum atomic E-state index is 12.2. The van der Waals surface area contributed by atoms with E-state index in [0.717, 1.165) is 26.1 Å². The van der Waals surface area contributed by atoms with E-state index in [1.54, 1.807) is 12.1 Å². The number of rotatable bonds is 3. The molecule has 1 aliphatic rings. The van der Waals surface area contributed by atoms with Crippen molar-refractivity contribution in [3.05, 3.63) is 22.6 Å². The highest BCUT2D eigenvalue weighted by molar-refractivity contribution is 9.10. The number of carbonyl (C=O) groups excluding carboxylic acids is 1. The van der Waals surface area contributed by atoms with E-state index >= 15 is 0 Å². The number of carbonyl (C=O) groups is 1. The van der Waals surface area contributed by atoms with Crippen LogP contribution < -0.4 is 0 Å². The number of aliphatic hydroxyl groups excluding tert-OH is 1. The summed E-state index contributed by atoms with van der Waals surface area (Å²) in [4.78, 5) is 16.2. The molecule has 18 heavy (non-hydrogen) atoms. The van der Waals surface area contributed by atoms with Gasteiger partial charge in [0.15, 0.2) is 10.4 Å². The third-order valence-corrected chi connectivity index (χ3v) is 3.50. The zero-order valence-corrected chi connectivity index (χ0v) is 11.7. The van der Waals surface area contributed by atoms with Crippen LogP contribution in [0.2, 0.25) is 0 Å². The minimum atomic E-state index is -0.0634. The Hall–Kier alpha value is -0.850. The Morgan fingerprint density at radius 1 is 1.33 bits per heavy atom. The number of halogens is 1. The van der Waals surface area contributed by atoms with Crippen LogP contribution in [-0.2, 0) is 0 Å². The van der Waals surface area contributed by atoms with E-state index in [-0.39, 0.29) is 12.5 Å². The zero-order valence-electron chi connectivity index (χ0n) is 10.1. The number of aliphatic hydroxyl groups is 1. The Bertz CT molecular complexity index is 408. The van der Waals surface area contributed by atoms with Gasteiger partial charge in [-0.3, -0.25) is 9.69 Å². The summed E-state index contributed by atoms with van der Waals surface area (Å²) in [5, 5.41) is 8.92. The molecule has 1 aromatic heterocycles. The van der Waals surface area contributed by atoms with Crippen molar-refractivity contribution in [1.82, 2.24) is 9.80 Å². The molecule has 0 unspecified atom stereocenters. The highest BCUT2D eigenvalue weighted by atomic mass is 79.9. The molecule has 0 atom stereocenters. The van der Waals surface area contributed by atoms with E-state index in [1.807, 2.05) is 4.90 Å². The molecule has 1 amide bonds. The minimum Gasteiger partial charge on any atom is -0.444 e. The number of hydrogen-bond acceptors (Lipinski definition) is 4. The summed E-state index contributed by atoms with van der Waals surface area (Å²) in [6, 6.07) is 3.41. The molecule has 1 fully saturated rings. The van der Waals surface area contributed by atoms with Gasteiger partial charge in [0, 0.05) is 26.2 Å². The molecule has 0 aliphatic carbocycles. The van der Waals surface area contributed by atoms with E-state index in [0.29, 0.717) is 23.5 Å². The normalized spacial score (nSPS) is 17.8. The van der Waals surface area contributed by atoms with Gasteiger partial charge in [0.05, 0.1) is 6.61 Å². The van der Waals surface area contributed by atoms with Crippen molar-refractivity contribution in [1.29, 1.82) is 0 Å². The third-order valence-electron chi connectivity index (χ3n) is 3.08. The van der Waals surface area contributed by atoms with E-state index in [2.05, 4.69) is 20.8 Å². The Morgan fingerprint density at radius 3 is 2.83 bits per heavy atom. The van der Waals surface area contributed by atoms with E-state index < -0.39 is 0 Å². The van der Waals surface area contributed by atoms with Gasteiger partial charge in [0.2, 0.25) is 0 Å². The quantitative estimate of drug-likeness (QED) is 0.910. The van der Waals surface area contributed by atoms with Crippen LogP contribution in [0.25, 0.3) is 0 Å². The van der Waals surface area contributed by atoms with Gasteiger partial charge in [-0.25, -0.2) is 0 Å². The van der Waals surface area contributed by atoms with Crippen molar-refractivity contribution < 1.29 is 14.3 Å². The summed E-state index contributed by atoms with van der Waals surface area (Å²) < 4.78 is 5.86. The molecule has 5 nitrogen and oxygen atoms in total. The van der Waals surface area contributed by atoms with Gasteiger partial charge in [0.1, 0.15) is 0 Å². The second-order valence-electron chi connectivity index (χ2n) is 4.31. The van der Waals surface area contributed by atoms with Gasteiger partial charge in [0.25, 0.3) is 5.91 Å². The Kier molecular flexibility index (Phi) is 4.79. The monoisotopic (exact) mass is 316 g/mol. The highest BCUT2D eigenvalue weighted by Gasteiger charge is 2.22. The van der Waals surface area contributed by atoms with Crippen LogP contribution in [-0.4, -0.2) is 60.1 Å².